The van der Waals surface area contributed by atoms with Gasteiger partial charge in [-0.1, -0.05) is 11.6 Å². The first-order valence-corrected chi connectivity index (χ1v) is 8.51. The normalized spacial score (nSPS) is 11.0. The zero-order valence-electron chi connectivity index (χ0n) is 14.5. The molecule has 0 aliphatic carbocycles. The van der Waals surface area contributed by atoms with Gasteiger partial charge in [-0.05, 0) is 49.4 Å². The van der Waals surface area contributed by atoms with Gasteiger partial charge in [0.25, 0.3) is 0 Å². The molecule has 0 radical (unpaired) electrons. The summed E-state index contributed by atoms with van der Waals surface area (Å²) in [5, 5.41) is 12.6. The Morgan fingerprint density at radius 1 is 1.12 bits per heavy atom. The van der Waals surface area contributed by atoms with E-state index >= 15 is 0 Å². The third-order valence-corrected chi connectivity index (χ3v) is 4.27. The molecule has 4 aromatic rings. The average Bonchev–Trinajstić information content (AvgIpc) is 3.30. The van der Waals surface area contributed by atoms with Crippen LogP contribution < -0.4 is 5.32 Å². The van der Waals surface area contributed by atoms with Crippen molar-refractivity contribution in [2.45, 2.75) is 19.9 Å². The third kappa shape index (κ3) is 3.35. The van der Waals surface area contributed by atoms with Crippen LogP contribution in [0, 0.1) is 6.92 Å². The standard InChI is InChI=1S/C20H19N5O/c1-15-3-8-19-16(13-15)14-22-25(19)12-9-20(26)23-17-4-6-18(7-5-17)24-11-2-10-21-24/h2-8,10-11,13-14H,9,12H2,1H3,(H,23,26). The number of amides is 1. The molecule has 4 rings (SSSR count). The number of nitrogens with one attached hydrogen (secondary N) is 1. The fourth-order valence-corrected chi connectivity index (χ4v) is 2.93. The summed E-state index contributed by atoms with van der Waals surface area (Å²) >= 11 is 0. The quantitative estimate of drug-likeness (QED) is 0.601. The topological polar surface area (TPSA) is 64.7 Å². The second kappa shape index (κ2) is 6.84. The van der Waals surface area contributed by atoms with Crippen molar-refractivity contribution in [2.24, 2.45) is 0 Å². The van der Waals surface area contributed by atoms with Crippen LogP contribution in [0.1, 0.15) is 12.0 Å². The van der Waals surface area contributed by atoms with Crippen molar-refractivity contribution in [3.05, 3.63) is 72.7 Å². The van der Waals surface area contributed by atoms with Gasteiger partial charge in [-0.25, -0.2) is 4.68 Å². The van der Waals surface area contributed by atoms with E-state index in [-0.39, 0.29) is 5.91 Å². The molecule has 0 bridgehead atoms. The summed E-state index contributed by atoms with van der Waals surface area (Å²) in [5.41, 5.74) is 3.97. The Morgan fingerprint density at radius 2 is 1.96 bits per heavy atom. The molecule has 0 aliphatic heterocycles. The zero-order chi connectivity index (χ0) is 17.9. The van der Waals surface area contributed by atoms with Crippen molar-refractivity contribution in [1.29, 1.82) is 0 Å². The number of aromatic nitrogens is 4. The summed E-state index contributed by atoms with van der Waals surface area (Å²) in [5.74, 6) is -0.0346. The molecule has 2 aromatic heterocycles. The minimum atomic E-state index is -0.0346. The maximum atomic E-state index is 12.2. The van der Waals surface area contributed by atoms with Gasteiger partial charge in [-0.2, -0.15) is 10.2 Å². The van der Waals surface area contributed by atoms with Crippen LogP contribution in [0.3, 0.4) is 0 Å². The van der Waals surface area contributed by atoms with Gasteiger partial charge in [0.15, 0.2) is 0 Å². The molecule has 26 heavy (non-hydrogen) atoms. The number of nitrogens with zero attached hydrogens (tertiary/aromatic N) is 4. The molecule has 1 N–H and O–H groups in total. The van der Waals surface area contributed by atoms with Crippen LogP contribution >= 0.6 is 0 Å². The van der Waals surface area contributed by atoms with E-state index in [0.717, 1.165) is 22.3 Å². The number of fused-ring (bicyclic) bond motifs is 1. The summed E-state index contributed by atoms with van der Waals surface area (Å²) in [6.45, 7) is 2.60. The summed E-state index contributed by atoms with van der Waals surface area (Å²) in [7, 11) is 0. The molecule has 0 spiro atoms. The molecule has 0 atom stereocenters. The Bertz CT molecular complexity index is 1030. The monoisotopic (exact) mass is 345 g/mol. The summed E-state index contributed by atoms with van der Waals surface area (Å²) in [6, 6.07) is 15.7. The van der Waals surface area contributed by atoms with E-state index in [9.17, 15) is 4.79 Å². The molecule has 130 valence electrons. The Balaban J connectivity index is 1.37. The predicted octanol–water partition coefficient (Wildman–Crippen LogP) is 3.56. The van der Waals surface area contributed by atoms with Crippen LogP contribution in [-0.2, 0) is 11.3 Å². The number of aryl methyl sites for hydroxylation is 2. The molecular formula is C20H19N5O. The van der Waals surface area contributed by atoms with Gasteiger partial charge in [-0.3, -0.25) is 9.48 Å². The Labute approximate surface area is 151 Å². The van der Waals surface area contributed by atoms with Gasteiger partial charge in [-0.15, -0.1) is 0 Å². The molecular weight excluding hydrogens is 326 g/mol. The van der Waals surface area contributed by atoms with Crippen LogP contribution in [0.4, 0.5) is 5.69 Å². The molecule has 2 aromatic carbocycles. The van der Waals surface area contributed by atoms with Crippen LogP contribution in [0.25, 0.3) is 16.6 Å². The SMILES string of the molecule is Cc1ccc2c(cnn2CCC(=O)Nc2ccc(-n3cccn3)cc2)c1. The number of rotatable bonds is 5. The lowest BCUT2D eigenvalue weighted by molar-refractivity contribution is -0.116. The average molecular weight is 345 g/mol. The van der Waals surface area contributed by atoms with Gasteiger partial charge in [0.1, 0.15) is 0 Å². The second-order valence-corrected chi connectivity index (χ2v) is 6.23. The number of carbonyl (C=O) groups is 1. The number of carbonyl (C=O) groups excluding carboxylic acids is 1. The van der Waals surface area contributed by atoms with Gasteiger partial charge in [0.2, 0.25) is 5.91 Å². The first-order chi connectivity index (χ1) is 12.7. The van der Waals surface area contributed by atoms with E-state index in [0.29, 0.717) is 13.0 Å². The fourth-order valence-electron chi connectivity index (χ4n) is 2.93. The highest BCUT2D eigenvalue weighted by Gasteiger charge is 2.07. The van der Waals surface area contributed by atoms with Crippen LogP contribution in [-0.4, -0.2) is 25.5 Å². The van der Waals surface area contributed by atoms with Gasteiger partial charge < -0.3 is 5.32 Å². The fraction of sp³-hybridized carbons (Fsp3) is 0.150. The number of anilines is 1. The Hall–Kier alpha value is -3.41. The minimum Gasteiger partial charge on any atom is -0.326 e. The van der Waals surface area contributed by atoms with E-state index in [1.807, 2.05) is 53.5 Å². The number of hydrogen-bond acceptors (Lipinski definition) is 3. The summed E-state index contributed by atoms with van der Waals surface area (Å²) in [4.78, 5) is 12.2. The van der Waals surface area contributed by atoms with E-state index in [4.69, 9.17) is 0 Å². The van der Waals surface area contributed by atoms with Crippen molar-refractivity contribution in [3.63, 3.8) is 0 Å². The Morgan fingerprint density at radius 3 is 2.73 bits per heavy atom. The molecule has 6 nitrogen and oxygen atoms in total. The lowest BCUT2D eigenvalue weighted by atomic mass is 10.2. The van der Waals surface area contributed by atoms with Crippen molar-refractivity contribution in [2.75, 3.05) is 5.32 Å². The van der Waals surface area contributed by atoms with Crippen LogP contribution in [0.5, 0.6) is 0 Å². The first kappa shape index (κ1) is 16.1. The molecule has 0 unspecified atom stereocenters. The van der Waals surface area contributed by atoms with E-state index in [1.165, 1.54) is 5.56 Å². The van der Waals surface area contributed by atoms with Gasteiger partial charge in [0.05, 0.1) is 23.9 Å². The lowest BCUT2D eigenvalue weighted by Crippen LogP contribution is -2.15. The largest absolute Gasteiger partial charge is 0.326 e. The highest BCUT2D eigenvalue weighted by molar-refractivity contribution is 5.90. The van der Waals surface area contributed by atoms with E-state index in [2.05, 4.69) is 34.6 Å². The molecule has 2 heterocycles. The lowest BCUT2D eigenvalue weighted by Gasteiger charge is -2.08. The molecule has 1 amide bonds. The van der Waals surface area contributed by atoms with Crippen LogP contribution in [0.15, 0.2) is 67.1 Å². The van der Waals surface area contributed by atoms with E-state index in [1.54, 1.807) is 10.9 Å². The van der Waals surface area contributed by atoms with E-state index < -0.39 is 0 Å². The molecule has 0 saturated heterocycles. The highest BCUT2D eigenvalue weighted by Crippen LogP contribution is 2.16. The van der Waals surface area contributed by atoms with Crippen molar-refractivity contribution in [1.82, 2.24) is 19.6 Å². The second-order valence-electron chi connectivity index (χ2n) is 6.23. The first-order valence-electron chi connectivity index (χ1n) is 8.51. The molecule has 0 saturated carbocycles. The zero-order valence-corrected chi connectivity index (χ0v) is 14.5. The molecule has 0 aliphatic rings. The number of hydrogen-bond donors (Lipinski definition) is 1. The maximum Gasteiger partial charge on any atom is 0.226 e. The smallest absolute Gasteiger partial charge is 0.226 e. The third-order valence-electron chi connectivity index (χ3n) is 4.27. The Kier molecular flexibility index (Phi) is 4.23. The van der Waals surface area contributed by atoms with Crippen LogP contribution in [0.2, 0.25) is 0 Å². The summed E-state index contributed by atoms with van der Waals surface area (Å²) < 4.78 is 3.64. The maximum absolute atomic E-state index is 12.2. The molecule has 0 fully saturated rings. The molecule has 6 heteroatoms. The van der Waals surface area contributed by atoms with Gasteiger partial charge >= 0.3 is 0 Å². The van der Waals surface area contributed by atoms with Crippen molar-refractivity contribution in [3.8, 4) is 5.69 Å². The van der Waals surface area contributed by atoms with Crippen molar-refractivity contribution < 1.29 is 4.79 Å². The predicted molar refractivity (Wildman–Crippen MR) is 101 cm³/mol. The van der Waals surface area contributed by atoms with Crippen molar-refractivity contribution >= 4 is 22.5 Å². The number of benzene rings is 2. The summed E-state index contributed by atoms with van der Waals surface area (Å²) in [6.07, 6.45) is 5.82. The highest BCUT2D eigenvalue weighted by atomic mass is 16.1. The van der Waals surface area contributed by atoms with Gasteiger partial charge in [0, 0.05) is 29.9 Å². The minimum absolute atomic E-state index is 0.0346.